The molecule has 1 aliphatic heterocycles. The summed E-state index contributed by atoms with van der Waals surface area (Å²) >= 11 is 14.2. The molecule has 1 aliphatic rings. The van der Waals surface area contributed by atoms with Crippen LogP contribution in [0.1, 0.15) is 4.88 Å². The van der Waals surface area contributed by atoms with Gasteiger partial charge in [-0.3, -0.25) is 0 Å². The number of thiazole rings is 1. The van der Waals surface area contributed by atoms with E-state index in [0.717, 1.165) is 23.2 Å². The molecular weight excluding hydrogens is 426 g/mol. The van der Waals surface area contributed by atoms with Crippen LogP contribution in [0.2, 0.25) is 5.02 Å². The predicted octanol–water partition coefficient (Wildman–Crippen LogP) is 6.51. The number of halogens is 2. The van der Waals surface area contributed by atoms with Gasteiger partial charge in [-0.05, 0) is 62.4 Å². The van der Waals surface area contributed by atoms with Gasteiger partial charge in [-0.25, -0.2) is 4.98 Å². The van der Waals surface area contributed by atoms with E-state index >= 15 is 0 Å². The molecule has 0 N–H and O–H groups in total. The van der Waals surface area contributed by atoms with Crippen LogP contribution in [-0.2, 0) is 4.99 Å². The Morgan fingerprint density at radius 3 is 2.59 bits per heavy atom. The Morgan fingerprint density at radius 1 is 1.09 bits per heavy atom. The monoisotopic (exact) mass is 429 g/mol. The minimum absolute atomic E-state index is 0.642. The zero-order valence-electron chi connectivity index (χ0n) is 10.6. The zero-order chi connectivity index (χ0) is 15.2. The Balaban J connectivity index is 1.77. The highest BCUT2D eigenvalue weighted by molar-refractivity contribution is 9.11. The fourth-order valence-electron chi connectivity index (χ4n) is 1.92. The number of para-hydroxylation sites is 1. The van der Waals surface area contributed by atoms with Crippen LogP contribution in [-0.4, -0.2) is 4.98 Å². The number of thioether (sulfide) groups is 1. The highest BCUT2D eigenvalue weighted by atomic mass is 79.9. The molecule has 0 radical (unpaired) electrons. The lowest BCUT2D eigenvalue weighted by atomic mass is 10.3. The smallest absolute Gasteiger partial charge is 0.228 e. The van der Waals surface area contributed by atoms with Crippen molar-refractivity contribution in [1.29, 1.82) is 0 Å². The first-order chi connectivity index (χ1) is 10.7. The van der Waals surface area contributed by atoms with Crippen molar-refractivity contribution in [2.75, 3.05) is 0 Å². The highest BCUT2D eigenvalue weighted by Crippen LogP contribution is 2.51. The van der Waals surface area contributed by atoms with Gasteiger partial charge in [0.25, 0.3) is 4.99 Å². The number of benzene rings is 1. The van der Waals surface area contributed by atoms with Crippen LogP contribution in [0.4, 0.5) is 0 Å². The average molecular weight is 431 g/mol. The molecule has 3 heterocycles. The zero-order valence-corrected chi connectivity index (χ0v) is 15.4. The van der Waals surface area contributed by atoms with E-state index in [0.29, 0.717) is 5.02 Å². The van der Waals surface area contributed by atoms with Crippen molar-refractivity contribution in [2.45, 2.75) is 9.33 Å². The van der Waals surface area contributed by atoms with Gasteiger partial charge >= 0.3 is 0 Å². The maximum atomic E-state index is 6.19. The topological polar surface area (TPSA) is 62.3 Å². The second kappa shape index (κ2) is 5.64. The molecule has 0 amide bonds. The van der Waals surface area contributed by atoms with E-state index < -0.39 is 4.99 Å². The molecule has 110 valence electrons. The first-order valence-corrected chi connectivity index (χ1v) is 9.62. The fourth-order valence-corrected chi connectivity index (χ4v) is 6.01. The minimum Gasteiger partial charge on any atom is -0.228 e. The van der Waals surface area contributed by atoms with Gasteiger partial charge in [-0.1, -0.05) is 17.7 Å². The van der Waals surface area contributed by atoms with Crippen molar-refractivity contribution in [3.63, 3.8) is 0 Å². The fraction of sp³-hybridized carbons (Fsp3) is 0.0833. The average Bonchev–Trinajstić information content (AvgIpc) is 3.19. The van der Waals surface area contributed by atoms with Gasteiger partial charge in [0.15, 0.2) is 4.34 Å². The SMILES string of the molecule is Clc1cccc2sc(SC3(c4ccc(Br)s4)N=NN=N3)nc12. The molecule has 1 aromatic carbocycles. The molecule has 3 aromatic rings. The summed E-state index contributed by atoms with van der Waals surface area (Å²) in [5, 5.41) is 16.5. The molecule has 0 atom stereocenters. The summed E-state index contributed by atoms with van der Waals surface area (Å²) in [4.78, 5) is 4.64. The van der Waals surface area contributed by atoms with Crippen molar-refractivity contribution in [3.8, 4) is 0 Å². The Labute approximate surface area is 150 Å². The number of rotatable bonds is 3. The molecule has 22 heavy (non-hydrogen) atoms. The summed E-state index contributed by atoms with van der Waals surface area (Å²) in [6, 6.07) is 9.67. The maximum Gasteiger partial charge on any atom is 0.281 e. The Morgan fingerprint density at radius 2 is 1.91 bits per heavy atom. The molecule has 0 fully saturated rings. The number of aromatic nitrogens is 1. The summed E-state index contributed by atoms with van der Waals surface area (Å²) in [6.07, 6.45) is 0. The van der Waals surface area contributed by atoms with Crippen LogP contribution in [0.25, 0.3) is 10.2 Å². The van der Waals surface area contributed by atoms with Crippen LogP contribution in [0.3, 0.4) is 0 Å². The molecule has 0 spiro atoms. The first-order valence-electron chi connectivity index (χ1n) is 6.00. The normalized spacial score (nSPS) is 15.9. The van der Waals surface area contributed by atoms with E-state index in [9.17, 15) is 0 Å². The van der Waals surface area contributed by atoms with Gasteiger partial charge in [0.1, 0.15) is 5.52 Å². The molecule has 10 heteroatoms. The molecule has 0 aliphatic carbocycles. The number of hydrogen-bond donors (Lipinski definition) is 0. The van der Waals surface area contributed by atoms with Gasteiger partial charge in [0.2, 0.25) is 0 Å². The number of fused-ring (bicyclic) bond motifs is 1. The Kier molecular flexibility index (Phi) is 3.77. The van der Waals surface area contributed by atoms with Crippen molar-refractivity contribution in [3.05, 3.63) is 44.0 Å². The molecule has 0 saturated carbocycles. The summed E-state index contributed by atoms with van der Waals surface area (Å²) < 4.78 is 2.86. The third kappa shape index (κ3) is 2.50. The van der Waals surface area contributed by atoms with Crippen LogP contribution in [0, 0.1) is 0 Å². The quantitative estimate of drug-likeness (QED) is 0.475. The van der Waals surface area contributed by atoms with Crippen LogP contribution in [0.5, 0.6) is 0 Å². The third-order valence-corrected chi connectivity index (χ3v) is 7.28. The van der Waals surface area contributed by atoms with Gasteiger partial charge in [-0.2, -0.15) is 0 Å². The molecule has 0 bridgehead atoms. The molecule has 2 aromatic heterocycles. The van der Waals surface area contributed by atoms with Crippen molar-refractivity contribution in [1.82, 2.24) is 4.98 Å². The van der Waals surface area contributed by atoms with E-state index in [1.54, 1.807) is 22.7 Å². The van der Waals surface area contributed by atoms with Crippen LogP contribution in [0.15, 0.2) is 59.1 Å². The van der Waals surface area contributed by atoms with Crippen molar-refractivity contribution < 1.29 is 0 Å². The van der Waals surface area contributed by atoms with E-state index in [1.165, 1.54) is 11.8 Å². The summed E-state index contributed by atoms with van der Waals surface area (Å²) in [6.45, 7) is 0. The lowest BCUT2D eigenvalue weighted by Gasteiger charge is -2.15. The van der Waals surface area contributed by atoms with Crippen molar-refractivity contribution >= 4 is 72.2 Å². The summed E-state index contributed by atoms with van der Waals surface area (Å²) in [7, 11) is 0. The second-order valence-electron chi connectivity index (χ2n) is 4.26. The summed E-state index contributed by atoms with van der Waals surface area (Å²) in [5.74, 6) is 0. The van der Waals surface area contributed by atoms with E-state index in [4.69, 9.17) is 11.6 Å². The maximum absolute atomic E-state index is 6.19. The molecular formula is C12H5BrClN5S3. The second-order valence-corrected chi connectivity index (χ2v) is 9.58. The van der Waals surface area contributed by atoms with Crippen LogP contribution >= 0.6 is 62.0 Å². The van der Waals surface area contributed by atoms with E-state index in [-0.39, 0.29) is 0 Å². The standard InChI is InChI=1S/C12H5BrClN5S3/c13-9-5-4-8(21-9)12(16-18-19-17-12)22-11-15-10-6(14)2-1-3-7(10)20-11/h1-5H. The minimum atomic E-state index is -0.892. The third-order valence-electron chi connectivity index (χ3n) is 2.87. The van der Waals surface area contributed by atoms with E-state index in [1.807, 2.05) is 30.3 Å². The largest absolute Gasteiger partial charge is 0.281 e. The van der Waals surface area contributed by atoms with Gasteiger partial charge in [0, 0.05) is 0 Å². The lowest BCUT2D eigenvalue weighted by molar-refractivity contribution is 0.704. The van der Waals surface area contributed by atoms with Crippen molar-refractivity contribution in [2.24, 2.45) is 20.7 Å². The first kappa shape index (κ1) is 14.7. The molecule has 0 saturated heterocycles. The predicted molar refractivity (Wildman–Crippen MR) is 93.9 cm³/mol. The van der Waals surface area contributed by atoms with Gasteiger partial charge in [-0.15, -0.1) is 32.9 Å². The number of thiophene rings is 1. The highest BCUT2D eigenvalue weighted by Gasteiger charge is 2.39. The van der Waals surface area contributed by atoms with E-state index in [2.05, 4.69) is 41.6 Å². The molecule has 0 unspecified atom stereocenters. The molecule has 4 rings (SSSR count). The van der Waals surface area contributed by atoms with Gasteiger partial charge in [0.05, 0.1) is 18.4 Å². The van der Waals surface area contributed by atoms with Gasteiger partial charge < -0.3 is 0 Å². The number of hydrogen-bond acceptors (Lipinski definition) is 8. The number of nitrogens with zero attached hydrogens (tertiary/aromatic N) is 5. The lowest BCUT2D eigenvalue weighted by Crippen LogP contribution is -2.11. The Hall–Kier alpha value is -0.870. The molecule has 5 nitrogen and oxygen atoms in total. The Bertz CT molecular complexity index is 907. The van der Waals surface area contributed by atoms with Crippen LogP contribution < -0.4 is 0 Å². The summed E-state index contributed by atoms with van der Waals surface area (Å²) in [5.41, 5.74) is 0.797.